The summed E-state index contributed by atoms with van der Waals surface area (Å²) in [6.45, 7) is 2.42. The fourth-order valence-electron chi connectivity index (χ4n) is 1.66. The highest BCUT2D eigenvalue weighted by molar-refractivity contribution is 7.17. The van der Waals surface area contributed by atoms with Gasteiger partial charge in [0.05, 0.1) is 6.61 Å². The highest BCUT2D eigenvalue weighted by Crippen LogP contribution is 2.27. The second kappa shape index (κ2) is 5.14. The summed E-state index contributed by atoms with van der Waals surface area (Å²) in [6, 6.07) is 3.99. The van der Waals surface area contributed by atoms with Crippen LogP contribution in [0.4, 0.5) is 5.82 Å². The topological polar surface area (TPSA) is 42.4 Å². The van der Waals surface area contributed by atoms with E-state index in [1.54, 1.807) is 24.5 Å². The quantitative estimate of drug-likeness (QED) is 0.781. The Morgan fingerprint density at radius 3 is 3.12 bits per heavy atom. The van der Waals surface area contributed by atoms with Gasteiger partial charge in [0, 0.05) is 23.3 Å². The van der Waals surface area contributed by atoms with E-state index >= 15 is 0 Å². The third kappa shape index (κ3) is 2.55. The summed E-state index contributed by atoms with van der Waals surface area (Å²) in [7, 11) is 1.84. The lowest BCUT2D eigenvalue weighted by Crippen LogP contribution is -2.27. The molecule has 2 aromatic heterocycles. The number of rotatable bonds is 4. The van der Waals surface area contributed by atoms with Crippen LogP contribution >= 0.6 is 11.3 Å². The summed E-state index contributed by atoms with van der Waals surface area (Å²) < 4.78 is 6.09. The molecule has 0 fully saturated rings. The third-order valence-electron chi connectivity index (χ3n) is 2.39. The highest BCUT2D eigenvalue weighted by atomic mass is 32.1. The number of aromatic nitrogens is 1. The van der Waals surface area contributed by atoms with Crippen LogP contribution in [-0.2, 0) is 9.53 Å². The van der Waals surface area contributed by atoms with Crippen molar-refractivity contribution in [2.24, 2.45) is 0 Å². The number of likely N-dealkylation sites (N-methyl/N-ethyl adjacent to an activating group) is 1. The number of esters is 1. The van der Waals surface area contributed by atoms with Crippen LogP contribution in [0.2, 0.25) is 0 Å². The number of thiophene rings is 1. The largest absolute Gasteiger partial charge is 0.465 e. The molecule has 2 aromatic rings. The molecule has 0 aliphatic heterocycles. The van der Waals surface area contributed by atoms with Crippen LogP contribution in [0.5, 0.6) is 0 Å². The van der Waals surface area contributed by atoms with Gasteiger partial charge in [0.25, 0.3) is 0 Å². The Balaban J connectivity index is 2.21. The molecule has 0 atom stereocenters. The smallest absolute Gasteiger partial charge is 0.325 e. The van der Waals surface area contributed by atoms with Gasteiger partial charge in [-0.25, -0.2) is 4.98 Å². The van der Waals surface area contributed by atoms with Gasteiger partial charge in [-0.15, -0.1) is 11.3 Å². The minimum absolute atomic E-state index is 0.218. The first-order valence-electron chi connectivity index (χ1n) is 5.41. The molecule has 2 heterocycles. The highest BCUT2D eigenvalue weighted by Gasteiger charge is 2.12. The van der Waals surface area contributed by atoms with Gasteiger partial charge >= 0.3 is 5.97 Å². The maximum absolute atomic E-state index is 11.4. The molecule has 17 heavy (non-hydrogen) atoms. The molecule has 0 bridgehead atoms. The molecule has 0 amide bonds. The lowest BCUT2D eigenvalue weighted by atomic mass is 10.3. The van der Waals surface area contributed by atoms with E-state index in [1.165, 1.54) is 4.70 Å². The molecule has 0 radical (unpaired) electrons. The van der Waals surface area contributed by atoms with Crippen molar-refractivity contribution in [2.45, 2.75) is 6.92 Å². The van der Waals surface area contributed by atoms with Crippen molar-refractivity contribution in [1.29, 1.82) is 0 Å². The first-order valence-corrected chi connectivity index (χ1v) is 6.29. The van der Waals surface area contributed by atoms with Crippen molar-refractivity contribution in [3.8, 4) is 0 Å². The van der Waals surface area contributed by atoms with Gasteiger partial charge in [-0.05, 0) is 24.4 Å². The Labute approximate surface area is 104 Å². The van der Waals surface area contributed by atoms with Crippen LogP contribution in [-0.4, -0.2) is 31.2 Å². The van der Waals surface area contributed by atoms with E-state index < -0.39 is 0 Å². The van der Waals surface area contributed by atoms with Gasteiger partial charge in [0.15, 0.2) is 0 Å². The Bertz CT molecular complexity index is 524. The molecule has 0 saturated heterocycles. The summed E-state index contributed by atoms with van der Waals surface area (Å²) in [5, 5.41) is 3.10. The molecular formula is C12H14N2O2S. The van der Waals surface area contributed by atoms with Gasteiger partial charge in [-0.1, -0.05) is 0 Å². The predicted octanol–water partition coefficient (Wildman–Crippen LogP) is 2.30. The summed E-state index contributed by atoms with van der Waals surface area (Å²) in [5.74, 6) is 0.584. The van der Waals surface area contributed by atoms with Crippen LogP contribution in [0.25, 0.3) is 10.1 Å². The zero-order valence-electron chi connectivity index (χ0n) is 9.84. The first-order chi connectivity index (χ1) is 8.22. The Hall–Kier alpha value is -1.62. The minimum Gasteiger partial charge on any atom is -0.465 e. The fourth-order valence-corrected chi connectivity index (χ4v) is 2.44. The van der Waals surface area contributed by atoms with E-state index in [4.69, 9.17) is 4.74 Å². The van der Waals surface area contributed by atoms with Crippen LogP contribution < -0.4 is 4.90 Å². The van der Waals surface area contributed by atoms with Gasteiger partial charge in [0.1, 0.15) is 12.4 Å². The van der Waals surface area contributed by atoms with Crippen molar-refractivity contribution in [2.75, 3.05) is 25.1 Å². The van der Waals surface area contributed by atoms with Crippen LogP contribution in [0.1, 0.15) is 6.92 Å². The number of hydrogen-bond donors (Lipinski definition) is 0. The lowest BCUT2D eigenvalue weighted by molar-refractivity contribution is -0.141. The maximum Gasteiger partial charge on any atom is 0.325 e. The number of nitrogens with zero attached hydrogens (tertiary/aromatic N) is 2. The molecule has 90 valence electrons. The van der Waals surface area contributed by atoms with Crippen LogP contribution in [0.15, 0.2) is 23.7 Å². The van der Waals surface area contributed by atoms with Crippen molar-refractivity contribution < 1.29 is 9.53 Å². The Morgan fingerprint density at radius 2 is 2.35 bits per heavy atom. The van der Waals surface area contributed by atoms with E-state index in [0.717, 1.165) is 11.2 Å². The zero-order chi connectivity index (χ0) is 12.3. The summed E-state index contributed by atoms with van der Waals surface area (Å²) in [4.78, 5) is 17.5. The Morgan fingerprint density at radius 1 is 1.53 bits per heavy atom. The molecular weight excluding hydrogens is 236 g/mol. The predicted molar refractivity (Wildman–Crippen MR) is 69.5 cm³/mol. The number of anilines is 1. The van der Waals surface area contributed by atoms with Gasteiger partial charge < -0.3 is 9.64 Å². The molecule has 0 spiro atoms. The molecule has 0 aromatic carbocycles. The second-order valence-corrected chi connectivity index (χ2v) is 4.58. The van der Waals surface area contributed by atoms with Crippen molar-refractivity contribution in [3.63, 3.8) is 0 Å². The van der Waals surface area contributed by atoms with Crippen LogP contribution in [0.3, 0.4) is 0 Å². The number of hydrogen-bond acceptors (Lipinski definition) is 5. The van der Waals surface area contributed by atoms with Crippen LogP contribution in [0, 0.1) is 0 Å². The number of ether oxygens (including phenoxy) is 1. The average molecular weight is 250 g/mol. The number of carbonyl (C=O) groups is 1. The van der Waals surface area contributed by atoms with Gasteiger partial charge in [-0.2, -0.15) is 0 Å². The zero-order valence-corrected chi connectivity index (χ0v) is 10.7. The standard InChI is InChI=1S/C12H14N2O2S/c1-3-16-11(15)8-14(2)12-9-5-7-17-10(9)4-6-13-12/h4-7H,3,8H2,1-2H3. The van der Waals surface area contributed by atoms with Crippen molar-refractivity contribution in [3.05, 3.63) is 23.7 Å². The van der Waals surface area contributed by atoms with Gasteiger partial charge in [0.2, 0.25) is 0 Å². The molecule has 0 saturated carbocycles. The average Bonchev–Trinajstić information content (AvgIpc) is 2.76. The summed E-state index contributed by atoms with van der Waals surface area (Å²) >= 11 is 1.67. The Kier molecular flexibility index (Phi) is 3.58. The SMILES string of the molecule is CCOC(=O)CN(C)c1nccc2sccc12. The van der Waals surface area contributed by atoms with Gasteiger partial charge in [-0.3, -0.25) is 4.79 Å². The van der Waals surface area contributed by atoms with E-state index in [9.17, 15) is 4.79 Å². The van der Waals surface area contributed by atoms with E-state index in [2.05, 4.69) is 4.98 Å². The molecule has 4 nitrogen and oxygen atoms in total. The molecule has 5 heteroatoms. The van der Waals surface area contributed by atoms with E-state index in [-0.39, 0.29) is 12.5 Å². The first kappa shape index (κ1) is 11.9. The molecule has 0 aliphatic rings. The molecule has 0 aliphatic carbocycles. The molecule has 0 unspecified atom stereocenters. The van der Waals surface area contributed by atoms with Crippen molar-refractivity contribution in [1.82, 2.24) is 4.98 Å². The fraction of sp³-hybridized carbons (Fsp3) is 0.333. The summed E-state index contributed by atoms with van der Waals surface area (Å²) in [6.07, 6.45) is 1.76. The normalized spacial score (nSPS) is 10.5. The maximum atomic E-state index is 11.4. The number of fused-ring (bicyclic) bond motifs is 1. The number of pyridine rings is 1. The molecule has 2 rings (SSSR count). The minimum atomic E-state index is -0.232. The second-order valence-electron chi connectivity index (χ2n) is 3.63. The monoisotopic (exact) mass is 250 g/mol. The van der Waals surface area contributed by atoms with E-state index in [0.29, 0.717) is 6.61 Å². The lowest BCUT2D eigenvalue weighted by Gasteiger charge is -2.17. The van der Waals surface area contributed by atoms with E-state index in [1.807, 2.05) is 29.5 Å². The summed E-state index contributed by atoms with van der Waals surface area (Å²) in [5.41, 5.74) is 0. The third-order valence-corrected chi connectivity index (χ3v) is 3.27. The molecule has 0 N–H and O–H groups in total. The number of carbonyl (C=O) groups excluding carboxylic acids is 1. The van der Waals surface area contributed by atoms with Crippen molar-refractivity contribution >= 4 is 33.2 Å².